The predicted octanol–water partition coefficient (Wildman–Crippen LogP) is 5.16. The predicted molar refractivity (Wildman–Crippen MR) is 145 cm³/mol. The maximum Gasteiger partial charge on any atom is 0.264 e. The lowest BCUT2D eigenvalue weighted by atomic mass is 10.2. The van der Waals surface area contributed by atoms with E-state index in [1.807, 2.05) is 31.2 Å². The van der Waals surface area contributed by atoms with Gasteiger partial charge in [-0.15, -0.1) is 11.8 Å². The summed E-state index contributed by atoms with van der Waals surface area (Å²) in [4.78, 5) is 13.9. The molecule has 0 radical (unpaired) electrons. The summed E-state index contributed by atoms with van der Waals surface area (Å²) in [5.74, 6) is 1.10. The Kier molecular flexibility index (Phi) is 9.92. The lowest BCUT2D eigenvalue weighted by molar-refractivity contribution is -0.119. The van der Waals surface area contributed by atoms with Crippen LogP contribution in [-0.4, -0.2) is 47.4 Å². The maximum atomic E-state index is 13.6. The van der Waals surface area contributed by atoms with Gasteiger partial charge in [0.1, 0.15) is 6.54 Å². The van der Waals surface area contributed by atoms with Gasteiger partial charge < -0.3 is 14.8 Å². The molecule has 1 N–H and O–H groups in total. The fraction of sp³-hybridized carbons (Fsp3) is 0.269. The standard InChI is InChI=1S/C26H29ClN2O5S2/c1-19-5-9-21(10-6-19)29(36(31,32)23-13-14-24(33-2)25(17-23)34-3)18-26(30)28-15-4-16-35-22-11-7-20(27)8-12-22/h5-14,17H,4,15-16,18H2,1-3H3,(H,28,30). The van der Waals surface area contributed by atoms with Gasteiger partial charge in [-0.25, -0.2) is 8.42 Å². The van der Waals surface area contributed by atoms with Crippen molar-refractivity contribution in [2.45, 2.75) is 23.1 Å². The first-order chi connectivity index (χ1) is 17.2. The maximum absolute atomic E-state index is 13.6. The molecule has 3 rings (SSSR count). The number of methoxy groups -OCH3 is 2. The fourth-order valence-corrected chi connectivity index (χ4v) is 5.75. The lowest BCUT2D eigenvalue weighted by Gasteiger charge is -2.24. The van der Waals surface area contributed by atoms with E-state index in [1.165, 1.54) is 32.4 Å². The van der Waals surface area contributed by atoms with E-state index in [0.717, 1.165) is 26.9 Å². The molecule has 0 aliphatic carbocycles. The van der Waals surface area contributed by atoms with Crippen molar-refractivity contribution in [3.05, 3.63) is 77.3 Å². The zero-order valence-corrected chi connectivity index (χ0v) is 22.8. The summed E-state index contributed by atoms with van der Waals surface area (Å²) < 4.78 is 38.8. The average molecular weight is 549 g/mol. The molecule has 0 fully saturated rings. The summed E-state index contributed by atoms with van der Waals surface area (Å²) in [6.45, 7) is 1.98. The molecule has 10 heteroatoms. The van der Waals surface area contributed by atoms with Gasteiger partial charge in [0.25, 0.3) is 10.0 Å². The van der Waals surface area contributed by atoms with Crippen LogP contribution in [0.4, 0.5) is 5.69 Å². The normalized spacial score (nSPS) is 11.1. The van der Waals surface area contributed by atoms with Crippen LogP contribution in [-0.2, 0) is 14.8 Å². The Balaban J connectivity index is 1.70. The van der Waals surface area contributed by atoms with Crippen LogP contribution in [0.2, 0.25) is 5.02 Å². The van der Waals surface area contributed by atoms with Crippen molar-refractivity contribution in [1.29, 1.82) is 0 Å². The zero-order valence-electron chi connectivity index (χ0n) is 20.4. The molecule has 36 heavy (non-hydrogen) atoms. The molecule has 0 saturated heterocycles. The lowest BCUT2D eigenvalue weighted by Crippen LogP contribution is -2.41. The third-order valence-corrected chi connectivity index (χ3v) is 8.40. The number of carbonyl (C=O) groups excluding carboxylic acids is 1. The van der Waals surface area contributed by atoms with Crippen molar-refractivity contribution >= 4 is 45.0 Å². The number of sulfonamides is 1. The summed E-state index contributed by atoms with van der Waals surface area (Å²) in [5.41, 5.74) is 1.37. The molecule has 1 amide bonds. The quantitative estimate of drug-likeness (QED) is 0.248. The summed E-state index contributed by atoms with van der Waals surface area (Å²) in [7, 11) is -1.16. The molecule has 0 aliphatic heterocycles. The van der Waals surface area contributed by atoms with E-state index in [2.05, 4.69) is 5.32 Å². The van der Waals surface area contributed by atoms with Crippen LogP contribution in [0, 0.1) is 6.92 Å². The number of aryl methyl sites for hydroxylation is 1. The number of carbonyl (C=O) groups is 1. The van der Waals surface area contributed by atoms with Crippen LogP contribution in [0.1, 0.15) is 12.0 Å². The number of rotatable bonds is 12. The van der Waals surface area contributed by atoms with Gasteiger partial charge in [-0.3, -0.25) is 9.10 Å². The molecule has 3 aromatic carbocycles. The average Bonchev–Trinajstić information content (AvgIpc) is 2.88. The molecule has 0 atom stereocenters. The molecule has 7 nitrogen and oxygen atoms in total. The zero-order chi connectivity index (χ0) is 26.1. The largest absolute Gasteiger partial charge is 0.493 e. The first-order valence-corrected chi connectivity index (χ1v) is 14.0. The minimum absolute atomic E-state index is 0.00658. The highest BCUT2D eigenvalue weighted by Crippen LogP contribution is 2.32. The van der Waals surface area contributed by atoms with Crippen LogP contribution in [0.3, 0.4) is 0 Å². The number of ether oxygens (including phenoxy) is 2. The van der Waals surface area contributed by atoms with E-state index < -0.39 is 15.9 Å². The number of nitrogens with one attached hydrogen (secondary N) is 1. The Labute approximate surface area is 221 Å². The van der Waals surface area contributed by atoms with E-state index in [-0.39, 0.29) is 17.2 Å². The first-order valence-electron chi connectivity index (χ1n) is 11.2. The molecule has 3 aromatic rings. The topological polar surface area (TPSA) is 84.9 Å². The van der Waals surface area contributed by atoms with Gasteiger partial charge >= 0.3 is 0 Å². The molecule has 192 valence electrons. The van der Waals surface area contributed by atoms with Crippen molar-refractivity contribution in [3.8, 4) is 11.5 Å². The summed E-state index contributed by atoms with van der Waals surface area (Å²) >= 11 is 7.57. The second-order valence-corrected chi connectivity index (χ2v) is 11.3. The second-order valence-electron chi connectivity index (χ2n) is 7.87. The van der Waals surface area contributed by atoms with Crippen molar-refractivity contribution < 1.29 is 22.7 Å². The van der Waals surface area contributed by atoms with Gasteiger partial charge in [-0.05, 0) is 67.6 Å². The fourth-order valence-electron chi connectivity index (χ4n) is 3.34. The van der Waals surface area contributed by atoms with Gasteiger partial charge in [-0.1, -0.05) is 29.3 Å². The van der Waals surface area contributed by atoms with Crippen LogP contribution in [0.5, 0.6) is 11.5 Å². The van der Waals surface area contributed by atoms with Crippen molar-refractivity contribution in [2.24, 2.45) is 0 Å². The van der Waals surface area contributed by atoms with Gasteiger partial charge in [0, 0.05) is 22.5 Å². The number of amides is 1. The molecule has 0 aliphatic rings. The Bertz CT molecular complexity index is 1270. The van der Waals surface area contributed by atoms with Crippen molar-refractivity contribution in [3.63, 3.8) is 0 Å². The minimum atomic E-state index is -4.07. The number of hydrogen-bond donors (Lipinski definition) is 1. The van der Waals surface area contributed by atoms with E-state index in [1.54, 1.807) is 36.0 Å². The summed E-state index contributed by atoms with van der Waals surface area (Å²) in [5, 5.41) is 3.52. The van der Waals surface area contributed by atoms with Crippen LogP contribution >= 0.6 is 23.4 Å². The third kappa shape index (κ3) is 7.32. The number of halogens is 1. The van der Waals surface area contributed by atoms with Gasteiger partial charge in [0.15, 0.2) is 11.5 Å². The summed E-state index contributed by atoms with van der Waals surface area (Å²) in [6, 6.07) is 18.9. The first kappa shape index (κ1) is 27.7. The van der Waals surface area contributed by atoms with Crippen LogP contribution in [0.15, 0.2) is 76.5 Å². The van der Waals surface area contributed by atoms with Crippen LogP contribution < -0.4 is 19.1 Å². The Morgan fingerprint density at radius 2 is 1.64 bits per heavy atom. The van der Waals surface area contributed by atoms with Crippen LogP contribution in [0.25, 0.3) is 0 Å². The van der Waals surface area contributed by atoms with E-state index >= 15 is 0 Å². The summed E-state index contributed by atoms with van der Waals surface area (Å²) in [6.07, 6.45) is 0.728. The molecule has 0 aromatic heterocycles. The Morgan fingerprint density at radius 3 is 2.28 bits per heavy atom. The second kappa shape index (κ2) is 12.9. The smallest absolute Gasteiger partial charge is 0.264 e. The monoisotopic (exact) mass is 548 g/mol. The highest BCUT2D eigenvalue weighted by Gasteiger charge is 2.28. The molecular formula is C26H29ClN2O5S2. The number of benzene rings is 3. The highest BCUT2D eigenvalue weighted by atomic mass is 35.5. The molecule has 0 saturated carbocycles. The Morgan fingerprint density at radius 1 is 0.972 bits per heavy atom. The highest BCUT2D eigenvalue weighted by molar-refractivity contribution is 7.99. The SMILES string of the molecule is COc1ccc(S(=O)(=O)N(CC(=O)NCCCSc2ccc(Cl)cc2)c2ccc(C)cc2)cc1OC. The number of anilines is 1. The third-order valence-electron chi connectivity index (χ3n) is 5.28. The molecule has 0 heterocycles. The molecule has 0 unspecified atom stereocenters. The minimum Gasteiger partial charge on any atom is -0.493 e. The number of nitrogens with zero attached hydrogens (tertiary/aromatic N) is 1. The van der Waals surface area contributed by atoms with Crippen molar-refractivity contribution in [2.75, 3.05) is 37.4 Å². The molecule has 0 spiro atoms. The van der Waals surface area contributed by atoms with E-state index in [4.69, 9.17) is 21.1 Å². The van der Waals surface area contributed by atoms with Crippen molar-refractivity contribution in [1.82, 2.24) is 5.32 Å². The van der Waals surface area contributed by atoms with Gasteiger partial charge in [-0.2, -0.15) is 0 Å². The molecule has 0 bridgehead atoms. The Hall–Kier alpha value is -2.88. The van der Waals surface area contributed by atoms with Gasteiger partial charge in [0.05, 0.1) is 24.8 Å². The molecular weight excluding hydrogens is 520 g/mol. The van der Waals surface area contributed by atoms with Gasteiger partial charge in [0.2, 0.25) is 5.91 Å². The van der Waals surface area contributed by atoms with E-state index in [0.29, 0.717) is 23.0 Å². The van der Waals surface area contributed by atoms with E-state index in [9.17, 15) is 13.2 Å². The number of thioether (sulfide) groups is 1. The number of hydrogen-bond acceptors (Lipinski definition) is 6.